The van der Waals surface area contributed by atoms with E-state index in [4.69, 9.17) is 10.5 Å². The molecule has 2 atom stereocenters. The number of likely N-dealkylation sites (tertiary alicyclic amines) is 1. The maximum atomic E-state index is 12.3. The highest BCUT2D eigenvalue weighted by molar-refractivity contribution is 5.85. The van der Waals surface area contributed by atoms with E-state index in [9.17, 15) is 4.79 Å². The highest BCUT2D eigenvalue weighted by Gasteiger charge is 2.32. The number of carbonyl (C=O) groups is 1. The molecular formula is C15H29ClN2O2. The zero-order valence-electron chi connectivity index (χ0n) is 12.7. The van der Waals surface area contributed by atoms with Crippen LogP contribution in [0.3, 0.4) is 0 Å². The van der Waals surface area contributed by atoms with Crippen LogP contribution in [0.1, 0.15) is 46.0 Å². The number of halogens is 1. The first-order chi connectivity index (χ1) is 9.06. The Morgan fingerprint density at radius 3 is 2.40 bits per heavy atom. The molecule has 1 amide bonds. The second kappa shape index (κ2) is 8.20. The van der Waals surface area contributed by atoms with Crippen molar-refractivity contribution < 1.29 is 9.53 Å². The lowest BCUT2D eigenvalue weighted by atomic mass is 10.0. The monoisotopic (exact) mass is 304 g/mol. The third kappa shape index (κ3) is 4.90. The summed E-state index contributed by atoms with van der Waals surface area (Å²) in [4.78, 5) is 14.4. The largest absolute Gasteiger partial charge is 0.378 e. The van der Waals surface area contributed by atoms with E-state index < -0.39 is 0 Å². The summed E-state index contributed by atoms with van der Waals surface area (Å²) >= 11 is 0. The van der Waals surface area contributed by atoms with Crippen molar-refractivity contribution in [2.45, 2.75) is 58.1 Å². The van der Waals surface area contributed by atoms with Crippen LogP contribution < -0.4 is 5.73 Å². The molecule has 0 spiro atoms. The van der Waals surface area contributed by atoms with Crippen molar-refractivity contribution in [1.82, 2.24) is 4.90 Å². The van der Waals surface area contributed by atoms with Gasteiger partial charge in [-0.15, -0.1) is 12.4 Å². The second-order valence-corrected chi connectivity index (χ2v) is 6.52. The van der Waals surface area contributed by atoms with Crippen molar-refractivity contribution in [3.05, 3.63) is 0 Å². The van der Waals surface area contributed by atoms with Crippen molar-refractivity contribution >= 4 is 18.3 Å². The fraction of sp³-hybridized carbons (Fsp3) is 0.933. The number of rotatable bonds is 4. The first kappa shape index (κ1) is 17.7. The van der Waals surface area contributed by atoms with Crippen LogP contribution in [0.2, 0.25) is 0 Å². The SMILES string of the molecule is CC(C)COC1CCN(C(=O)C2CCC(N)C2)CC1.Cl. The minimum atomic E-state index is 0. The Hall–Kier alpha value is -0.320. The van der Waals surface area contributed by atoms with Crippen molar-refractivity contribution in [3.8, 4) is 0 Å². The fourth-order valence-corrected chi connectivity index (χ4v) is 3.07. The number of piperidine rings is 1. The van der Waals surface area contributed by atoms with Crippen LogP contribution in [0, 0.1) is 11.8 Å². The topological polar surface area (TPSA) is 55.6 Å². The fourth-order valence-electron chi connectivity index (χ4n) is 3.07. The summed E-state index contributed by atoms with van der Waals surface area (Å²) < 4.78 is 5.86. The first-order valence-electron chi connectivity index (χ1n) is 7.72. The van der Waals surface area contributed by atoms with Gasteiger partial charge in [0.2, 0.25) is 5.91 Å². The zero-order chi connectivity index (χ0) is 13.8. The van der Waals surface area contributed by atoms with E-state index in [1.54, 1.807) is 0 Å². The number of nitrogens with zero attached hydrogens (tertiary/aromatic N) is 1. The highest BCUT2D eigenvalue weighted by Crippen LogP contribution is 2.27. The molecule has 118 valence electrons. The van der Waals surface area contributed by atoms with Crippen LogP contribution in [0.4, 0.5) is 0 Å². The molecule has 2 rings (SSSR count). The normalized spacial score (nSPS) is 27.7. The van der Waals surface area contributed by atoms with E-state index >= 15 is 0 Å². The van der Waals surface area contributed by atoms with E-state index in [0.29, 0.717) is 17.9 Å². The van der Waals surface area contributed by atoms with Crippen LogP contribution in [-0.4, -0.2) is 42.6 Å². The van der Waals surface area contributed by atoms with Gasteiger partial charge in [-0.25, -0.2) is 0 Å². The minimum absolute atomic E-state index is 0. The van der Waals surface area contributed by atoms with Crippen molar-refractivity contribution in [2.24, 2.45) is 17.6 Å². The lowest BCUT2D eigenvalue weighted by Crippen LogP contribution is -2.43. The molecule has 0 aromatic heterocycles. The molecule has 1 heterocycles. The molecule has 0 bridgehead atoms. The van der Waals surface area contributed by atoms with E-state index in [0.717, 1.165) is 51.8 Å². The van der Waals surface area contributed by atoms with E-state index in [-0.39, 0.29) is 24.4 Å². The van der Waals surface area contributed by atoms with Crippen molar-refractivity contribution in [3.63, 3.8) is 0 Å². The number of nitrogens with two attached hydrogens (primary N) is 1. The highest BCUT2D eigenvalue weighted by atomic mass is 35.5. The smallest absolute Gasteiger partial charge is 0.225 e. The third-order valence-electron chi connectivity index (χ3n) is 4.24. The Morgan fingerprint density at radius 1 is 1.25 bits per heavy atom. The summed E-state index contributed by atoms with van der Waals surface area (Å²) in [6.07, 6.45) is 5.17. The van der Waals surface area contributed by atoms with E-state index in [1.807, 2.05) is 4.90 Å². The molecule has 4 nitrogen and oxygen atoms in total. The molecule has 2 unspecified atom stereocenters. The molecule has 1 saturated carbocycles. The van der Waals surface area contributed by atoms with Gasteiger partial charge in [0.25, 0.3) is 0 Å². The number of hydrogen-bond donors (Lipinski definition) is 1. The summed E-state index contributed by atoms with van der Waals surface area (Å²) in [6.45, 7) is 6.88. The summed E-state index contributed by atoms with van der Waals surface area (Å²) in [5.41, 5.74) is 5.89. The zero-order valence-corrected chi connectivity index (χ0v) is 13.5. The van der Waals surface area contributed by atoms with Gasteiger partial charge < -0.3 is 15.4 Å². The van der Waals surface area contributed by atoms with Crippen LogP contribution >= 0.6 is 12.4 Å². The Balaban J connectivity index is 0.00000200. The number of hydrogen-bond acceptors (Lipinski definition) is 3. The molecule has 1 aliphatic carbocycles. The Bertz CT molecular complexity index is 304. The Kier molecular flexibility index (Phi) is 7.27. The molecule has 2 N–H and O–H groups in total. The lowest BCUT2D eigenvalue weighted by Gasteiger charge is -2.33. The van der Waals surface area contributed by atoms with Gasteiger partial charge in [-0.1, -0.05) is 13.8 Å². The van der Waals surface area contributed by atoms with E-state index in [2.05, 4.69) is 13.8 Å². The predicted molar refractivity (Wildman–Crippen MR) is 83.0 cm³/mol. The molecule has 5 heteroatoms. The third-order valence-corrected chi connectivity index (χ3v) is 4.24. The molecule has 0 radical (unpaired) electrons. The molecular weight excluding hydrogens is 276 g/mol. The van der Waals surface area contributed by atoms with Crippen LogP contribution in [0.5, 0.6) is 0 Å². The van der Waals surface area contributed by atoms with E-state index in [1.165, 1.54) is 0 Å². The van der Waals surface area contributed by atoms with Crippen molar-refractivity contribution in [1.29, 1.82) is 0 Å². The maximum Gasteiger partial charge on any atom is 0.225 e. The summed E-state index contributed by atoms with van der Waals surface area (Å²) in [5, 5.41) is 0. The average molecular weight is 305 g/mol. The van der Waals surface area contributed by atoms with Crippen LogP contribution in [0.15, 0.2) is 0 Å². The summed E-state index contributed by atoms with van der Waals surface area (Å²) in [6, 6.07) is 0.237. The number of amides is 1. The summed E-state index contributed by atoms with van der Waals surface area (Å²) in [5.74, 6) is 1.10. The van der Waals surface area contributed by atoms with Crippen LogP contribution in [-0.2, 0) is 9.53 Å². The molecule has 1 aliphatic heterocycles. The number of carbonyl (C=O) groups excluding carboxylic acids is 1. The molecule has 20 heavy (non-hydrogen) atoms. The Labute approximate surface area is 128 Å². The van der Waals surface area contributed by atoms with Gasteiger partial charge in [-0.05, 0) is 38.0 Å². The quantitative estimate of drug-likeness (QED) is 0.866. The average Bonchev–Trinajstić information content (AvgIpc) is 2.83. The number of ether oxygens (including phenoxy) is 1. The van der Waals surface area contributed by atoms with Gasteiger partial charge >= 0.3 is 0 Å². The first-order valence-corrected chi connectivity index (χ1v) is 7.72. The molecule has 0 aromatic rings. The van der Waals surface area contributed by atoms with Crippen molar-refractivity contribution in [2.75, 3.05) is 19.7 Å². The molecule has 0 aromatic carbocycles. The predicted octanol–water partition coefficient (Wildman–Crippen LogP) is 2.20. The maximum absolute atomic E-state index is 12.3. The Morgan fingerprint density at radius 2 is 1.90 bits per heavy atom. The minimum Gasteiger partial charge on any atom is -0.378 e. The molecule has 1 saturated heterocycles. The van der Waals surface area contributed by atoms with Gasteiger partial charge in [0.05, 0.1) is 6.10 Å². The second-order valence-electron chi connectivity index (χ2n) is 6.52. The van der Waals surface area contributed by atoms with Gasteiger partial charge in [-0.2, -0.15) is 0 Å². The van der Waals surface area contributed by atoms with Gasteiger partial charge in [0, 0.05) is 31.7 Å². The lowest BCUT2D eigenvalue weighted by molar-refractivity contribution is -0.138. The van der Waals surface area contributed by atoms with Crippen LogP contribution in [0.25, 0.3) is 0 Å². The molecule has 2 fully saturated rings. The van der Waals surface area contributed by atoms with Gasteiger partial charge in [0.1, 0.15) is 0 Å². The summed E-state index contributed by atoms with van der Waals surface area (Å²) in [7, 11) is 0. The van der Waals surface area contributed by atoms with Gasteiger partial charge in [0.15, 0.2) is 0 Å². The van der Waals surface area contributed by atoms with Gasteiger partial charge in [-0.3, -0.25) is 4.79 Å². The molecule has 2 aliphatic rings. The standard InChI is InChI=1S/C15H28N2O2.ClH/c1-11(2)10-19-14-5-7-17(8-6-14)15(18)12-3-4-13(16)9-12;/h11-14H,3-10,16H2,1-2H3;1H.